The number of ether oxygens (including phenoxy) is 1. The monoisotopic (exact) mass is 298 g/mol. The minimum Gasteiger partial charge on any atom is -0.482 e. The molecule has 1 aliphatic carbocycles. The Morgan fingerprint density at radius 2 is 1.95 bits per heavy atom. The molecule has 21 heavy (non-hydrogen) atoms. The third-order valence-electron chi connectivity index (χ3n) is 4.39. The van der Waals surface area contributed by atoms with Crippen LogP contribution in [0, 0.1) is 17.6 Å². The highest BCUT2D eigenvalue weighted by atomic mass is 19.1. The van der Waals surface area contributed by atoms with Crippen LogP contribution in [0.4, 0.5) is 8.78 Å². The van der Waals surface area contributed by atoms with Crippen LogP contribution in [0.1, 0.15) is 52.4 Å². The molecule has 118 valence electrons. The molecule has 2 nitrogen and oxygen atoms in total. The Morgan fingerprint density at radius 3 is 2.62 bits per heavy atom. The summed E-state index contributed by atoms with van der Waals surface area (Å²) in [7, 11) is 0. The van der Waals surface area contributed by atoms with Crippen LogP contribution in [0.15, 0.2) is 18.2 Å². The first-order valence-electron chi connectivity index (χ1n) is 7.70. The highest BCUT2D eigenvalue weighted by Gasteiger charge is 2.31. The van der Waals surface area contributed by atoms with Crippen molar-refractivity contribution in [1.29, 1.82) is 0 Å². The molecule has 1 N–H and O–H groups in total. The number of halogens is 2. The maximum Gasteiger partial charge on any atom is 0.165 e. The Kier molecular flexibility index (Phi) is 5.20. The highest BCUT2D eigenvalue weighted by Crippen LogP contribution is 2.32. The molecule has 0 spiro atoms. The topological polar surface area (TPSA) is 29.5 Å². The van der Waals surface area contributed by atoms with Crippen molar-refractivity contribution < 1.29 is 18.6 Å². The molecule has 0 bridgehead atoms. The SMILES string of the molecule is CC(C)(Oc1cc(F)ccc1F)C(O)CCC1CCCC1. The Bertz CT molecular complexity index is 468. The van der Waals surface area contributed by atoms with Crippen molar-refractivity contribution in [3.05, 3.63) is 29.8 Å². The summed E-state index contributed by atoms with van der Waals surface area (Å²) in [6, 6.07) is 3.10. The maximum atomic E-state index is 13.6. The van der Waals surface area contributed by atoms with Gasteiger partial charge in [-0.25, -0.2) is 8.78 Å². The van der Waals surface area contributed by atoms with Gasteiger partial charge < -0.3 is 9.84 Å². The van der Waals surface area contributed by atoms with Gasteiger partial charge in [-0.05, 0) is 44.7 Å². The summed E-state index contributed by atoms with van der Waals surface area (Å²) in [5, 5.41) is 10.3. The number of hydrogen-bond acceptors (Lipinski definition) is 2. The van der Waals surface area contributed by atoms with Crippen LogP contribution >= 0.6 is 0 Å². The lowest BCUT2D eigenvalue weighted by atomic mass is 9.92. The first-order chi connectivity index (χ1) is 9.88. The van der Waals surface area contributed by atoms with Crippen LogP contribution in [-0.4, -0.2) is 16.8 Å². The lowest BCUT2D eigenvalue weighted by molar-refractivity contribution is -0.0370. The zero-order chi connectivity index (χ0) is 15.5. The van der Waals surface area contributed by atoms with E-state index in [2.05, 4.69) is 0 Å². The van der Waals surface area contributed by atoms with E-state index in [1.165, 1.54) is 25.7 Å². The van der Waals surface area contributed by atoms with Crippen molar-refractivity contribution >= 4 is 0 Å². The molecule has 0 saturated heterocycles. The molecule has 1 atom stereocenters. The second-order valence-electron chi connectivity index (χ2n) is 6.52. The molecule has 0 aliphatic heterocycles. The van der Waals surface area contributed by atoms with Gasteiger partial charge in [0.1, 0.15) is 11.4 Å². The highest BCUT2D eigenvalue weighted by molar-refractivity contribution is 5.25. The van der Waals surface area contributed by atoms with Crippen molar-refractivity contribution in [3.63, 3.8) is 0 Å². The van der Waals surface area contributed by atoms with Crippen LogP contribution in [0.2, 0.25) is 0 Å². The molecular formula is C17H24F2O2. The Morgan fingerprint density at radius 1 is 1.29 bits per heavy atom. The van der Waals surface area contributed by atoms with Crippen LogP contribution in [-0.2, 0) is 0 Å². The number of hydrogen-bond donors (Lipinski definition) is 1. The molecule has 1 saturated carbocycles. The van der Waals surface area contributed by atoms with E-state index in [1.807, 2.05) is 0 Å². The van der Waals surface area contributed by atoms with Gasteiger partial charge in [0.15, 0.2) is 11.6 Å². The first kappa shape index (κ1) is 16.2. The molecule has 0 heterocycles. The first-order valence-corrected chi connectivity index (χ1v) is 7.70. The van der Waals surface area contributed by atoms with Gasteiger partial charge in [-0.1, -0.05) is 25.7 Å². The van der Waals surface area contributed by atoms with Crippen LogP contribution in [0.3, 0.4) is 0 Å². The van der Waals surface area contributed by atoms with Gasteiger partial charge in [0.2, 0.25) is 0 Å². The second-order valence-corrected chi connectivity index (χ2v) is 6.52. The van der Waals surface area contributed by atoms with Gasteiger partial charge >= 0.3 is 0 Å². The number of aliphatic hydroxyl groups excluding tert-OH is 1. The smallest absolute Gasteiger partial charge is 0.165 e. The molecule has 0 amide bonds. The summed E-state index contributed by atoms with van der Waals surface area (Å²) in [5.41, 5.74) is -0.951. The lowest BCUT2D eigenvalue weighted by Gasteiger charge is -2.32. The predicted molar refractivity (Wildman–Crippen MR) is 78.3 cm³/mol. The minimum atomic E-state index is -0.951. The van der Waals surface area contributed by atoms with E-state index in [4.69, 9.17) is 4.74 Å². The molecule has 1 unspecified atom stereocenters. The summed E-state index contributed by atoms with van der Waals surface area (Å²) in [6.45, 7) is 3.41. The van der Waals surface area contributed by atoms with Crippen molar-refractivity contribution in [2.75, 3.05) is 0 Å². The third kappa shape index (κ3) is 4.40. The Labute approximate surface area is 125 Å². The van der Waals surface area contributed by atoms with Gasteiger partial charge in [-0.3, -0.25) is 0 Å². The number of rotatable bonds is 6. The van der Waals surface area contributed by atoms with E-state index in [9.17, 15) is 13.9 Å². The largest absolute Gasteiger partial charge is 0.482 e. The molecule has 2 rings (SSSR count). The zero-order valence-electron chi connectivity index (χ0n) is 12.7. The molecule has 0 aromatic heterocycles. The summed E-state index contributed by atoms with van der Waals surface area (Å²) >= 11 is 0. The van der Waals surface area contributed by atoms with E-state index in [0.717, 1.165) is 24.6 Å². The van der Waals surface area contributed by atoms with Crippen molar-refractivity contribution in [2.45, 2.75) is 64.1 Å². The minimum absolute atomic E-state index is 0.153. The summed E-state index contributed by atoms with van der Waals surface area (Å²) < 4.78 is 32.3. The fraction of sp³-hybridized carbons (Fsp3) is 0.647. The van der Waals surface area contributed by atoms with Gasteiger partial charge in [-0.15, -0.1) is 0 Å². The van der Waals surface area contributed by atoms with Crippen LogP contribution in [0.5, 0.6) is 5.75 Å². The summed E-state index contributed by atoms with van der Waals surface area (Å²) in [4.78, 5) is 0. The molecular weight excluding hydrogens is 274 g/mol. The van der Waals surface area contributed by atoms with Crippen molar-refractivity contribution in [1.82, 2.24) is 0 Å². The van der Waals surface area contributed by atoms with Crippen molar-refractivity contribution in [2.24, 2.45) is 5.92 Å². The molecule has 1 aliphatic rings. The fourth-order valence-corrected chi connectivity index (χ4v) is 2.95. The summed E-state index contributed by atoms with van der Waals surface area (Å²) in [5.74, 6) is -0.642. The second kappa shape index (κ2) is 6.73. The molecule has 1 aromatic rings. The zero-order valence-corrected chi connectivity index (χ0v) is 12.7. The molecule has 0 radical (unpaired) electrons. The predicted octanol–water partition coefficient (Wildman–Crippen LogP) is 4.45. The molecule has 4 heteroatoms. The van der Waals surface area contributed by atoms with E-state index >= 15 is 0 Å². The van der Waals surface area contributed by atoms with Gasteiger partial charge in [0, 0.05) is 6.07 Å². The Balaban J connectivity index is 1.94. The van der Waals surface area contributed by atoms with E-state index in [0.29, 0.717) is 12.3 Å². The normalized spacial score (nSPS) is 18.0. The van der Waals surface area contributed by atoms with E-state index in [-0.39, 0.29) is 5.75 Å². The lowest BCUT2D eigenvalue weighted by Crippen LogP contribution is -2.42. The van der Waals surface area contributed by atoms with E-state index in [1.54, 1.807) is 13.8 Å². The number of aliphatic hydroxyl groups is 1. The fourth-order valence-electron chi connectivity index (χ4n) is 2.95. The Hall–Kier alpha value is -1.16. The standard InChI is InChI=1S/C17H24F2O2/c1-17(2,16(20)10-7-12-5-3-4-6-12)21-15-11-13(18)8-9-14(15)19/h8-9,11-12,16,20H,3-7,10H2,1-2H3. The summed E-state index contributed by atoms with van der Waals surface area (Å²) in [6.07, 6.45) is 5.87. The molecule has 1 fully saturated rings. The molecule has 1 aromatic carbocycles. The van der Waals surface area contributed by atoms with Crippen LogP contribution in [0.25, 0.3) is 0 Å². The van der Waals surface area contributed by atoms with Gasteiger partial charge in [0.05, 0.1) is 6.10 Å². The van der Waals surface area contributed by atoms with Crippen molar-refractivity contribution in [3.8, 4) is 5.75 Å². The van der Waals surface area contributed by atoms with Crippen LogP contribution < -0.4 is 4.74 Å². The average molecular weight is 298 g/mol. The maximum absolute atomic E-state index is 13.6. The van der Waals surface area contributed by atoms with Gasteiger partial charge in [-0.2, -0.15) is 0 Å². The third-order valence-corrected chi connectivity index (χ3v) is 4.39. The quantitative estimate of drug-likeness (QED) is 0.840. The average Bonchev–Trinajstić information content (AvgIpc) is 2.93. The van der Waals surface area contributed by atoms with E-state index < -0.39 is 23.3 Å². The number of benzene rings is 1. The van der Waals surface area contributed by atoms with Gasteiger partial charge in [0.25, 0.3) is 0 Å².